The zero-order valence-electron chi connectivity index (χ0n) is 10.1. The summed E-state index contributed by atoms with van der Waals surface area (Å²) >= 11 is 1.71. The van der Waals surface area contributed by atoms with Crippen molar-refractivity contribution in [2.24, 2.45) is 0 Å². The van der Waals surface area contributed by atoms with Crippen molar-refractivity contribution in [3.63, 3.8) is 0 Å². The van der Waals surface area contributed by atoms with Gasteiger partial charge in [-0.3, -0.25) is 0 Å². The van der Waals surface area contributed by atoms with E-state index in [1.54, 1.807) is 11.3 Å². The molecule has 0 saturated heterocycles. The molecule has 0 bridgehead atoms. The van der Waals surface area contributed by atoms with E-state index in [9.17, 15) is 0 Å². The molecule has 0 aromatic carbocycles. The van der Waals surface area contributed by atoms with E-state index in [-0.39, 0.29) is 0 Å². The Balaban J connectivity index is 2.14. The molecule has 0 amide bonds. The number of hydrogen-bond donors (Lipinski definition) is 1. The van der Waals surface area contributed by atoms with Crippen LogP contribution in [0.2, 0.25) is 0 Å². The standard InChI is InChI=1S/C13H15N3S/c1-8-6-17-7-11(8)13-15-9(2)10-5-14-4-3-12(10)16-13/h6-7,14H,3-5H2,1-2H3. The molecule has 2 aromatic rings. The summed E-state index contributed by atoms with van der Waals surface area (Å²) in [5.74, 6) is 0.891. The van der Waals surface area contributed by atoms with Crippen molar-refractivity contribution < 1.29 is 0 Å². The number of aromatic nitrogens is 2. The van der Waals surface area contributed by atoms with E-state index in [1.807, 2.05) is 0 Å². The van der Waals surface area contributed by atoms with Crippen molar-refractivity contribution in [3.8, 4) is 11.4 Å². The van der Waals surface area contributed by atoms with Crippen LogP contribution in [0.15, 0.2) is 10.8 Å². The van der Waals surface area contributed by atoms with Crippen LogP contribution in [0.4, 0.5) is 0 Å². The monoisotopic (exact) mass is 245 g/mol. The van der Waals surface area contributed by atoms with Gasteiger partial charge in [-0.2, -0.15) is 11.3 Å². The van der Waals surface area contributed by atoms with Gasteiger partial charge in [0.05, 0.1) is 5.69 Å². The summed E-state index contributed by atoms with van der Waals surface area (Å²) in [5, 5.41) is 7.65. The van der Waals surface area contributed by atoms with Crippen molar-refractivity contribution in [1.29, 1.82) is 0 Å². The largest absolute Gasteiger partial charge is 0.312 e. The van der Waals surface area contributed by atoms with Crippen LogP contribution >= 0.6 is 11.3 Å². The number of thiophene rings is 1. The first-order valence-corrected chi connectivity index (χ1v) is 6.80. The third-order valence-corrected chi connectivity index (χ3v) is 4.10. The van der Waals surface area contributed by atoms with Crippen LogP contribution in [-0.4, -0.2) is 16.5 Å². The van der Waals surface area contributed by atoms with Crippen LogP contribution in [0, 0.1) is 13.8 Å². The van der Waals surface area contributed by atoms with Crippen molar-refractivity contribution >= 4 is 11.3 Å². The maximum atomic E-state index is 4.73. The molecular weight excluding hydrogens is 230 g/mol. The van der Waals surface area contributed by atoms with E-state index >= 15 is 0 Å². The molecule has 0 atom stereocenters. The molecule has 0 radical (unpaired) electrons. The van der Waals surface area contributed by atoms with Gasteiger partial charge in [-0.05, 0) is 24.8 Å². The first kappa shape index (κ1) is 10.9. The molecule has 17 heavy (non-hydrogen) atoms. The van der Waals surface area contributed by atoms with Crippen molar-refractivity contribution in [2.75, 3.05) is 6.54 Å². The summed E-state index contributed by atoms with van der Waals surface area (Å²) in [6.45, 7) is 6.12. The summed E-state index contributed by atoms with van der Waals surface area (Å²) < 4.78 is 0. The fourth-order valence-corrected chi connectivity index (χ4v) is 3.05. The van der Waals surface area contributed by atoms with Gasteiger partial charge in [0.25, 0.3) is 0 Å². The number of rotatable bonds is 1. The Hall–Kier alpha value is -1.26. The van der Waals surface area contributed by atoms with Gasteiger partial charge in [-0.25, -0.2) is 9.97 Å². The average molecular weight is 245 g/mol. The second kappa shape index (κ2) is 4.20. The molecule has 0 aliphatic carbocycles. The first-order valence-electron chi connectivity index (χ1n) is 5.86. The quantitative estimate of drug-likeness (QED) is 0.838. The summed E-state index contributed by atoms with van der Waals surface area (Å²) in [4.78, 5) is 9.38. The number of aryl methyl sites for hydroxylation is 2. The molecule has 3 heterocycles. The van der Waals surface area contributed by atoms with Gasteiger partial charge in [0.2, 0.25) is 0 Å². The number of fused-ring (bicyclic) bond motifs is 1. The van der Waals surface area contributed by atoms with Crippen LogP contribution in [0.5, 0.6) is 0 Å². The Bertz CT molecular complexity index is 560. The van der Waals surface area contributed by atoms with Crippen LogP contribution in [0.25, 0.3) is 11.4 Å². The average Bonchev–Trinajstić information content (AvgIpc) is 2.75. The zero-order valence-corrected chi connectivity index (χ0v) is 10.9. The summed E-state index contributed by atoms with van der Waals surface area (Å²) in [6.07, 6.45) is 1.01. The minimum absolute atomic E-state index is 0.891. The maximum absolute atomic E-state index is 4.73. The summed E-state index contributed by atoms with van der Waals surface area (Å²) in [6, 6.07) is 0. The lowest BCUT2D eigenvalue weighted by Crippen LogP contribution is -2.26. The lowest BCUT2D eigenvalue weighted by molar-refractivity contribution is 0.622. The molecule has 88 valence electrons. The van der Waals surface area contributed by atoms with Gasteiger partial charge in [0.15, 0.2) is 5.82 Å². The molecule has 0 fully saturated rings. The summed E-state index contributed by atoms with van der Waals surface area (Å²) in [5.41, 5.74) is 6.07. The van der Waals surface area contributed by atoms with E-state index in [0.717, 1.165) is 31.0 Å². The van der Waals surface area contributed by atoms with E-state index < -0.39 is 0 Å². The number of nitrogens with zero attached hydrogens (tertiary/aromatic N) is 2. The topological polar surface area (TPSA) is 37.8 Å². The van der Waals surface area contributed by atoms with Crippen LogP contribution in [0.1, 0.15) is 22.5 Å². The highest BCUT2D eigenvalue weighted by molar-refractivity contribution is 7.08. The van der Waals surface area contributed by atoms with Gasteiger partial charge in [-0.15, -0.1) is 0 Å². The minimum Gasteiger partial charge on any atom is -0.312 e. The predicted octanol–water partition coefficient (Wildman–Crippen LogP) is 2.47. The predicted molar refractivity (Wildman–Crippen MR) is 70.2 cm³/mol. The highest BCUT2D eigenvalue weighted by Gasteiger charge is 2.16. The highest BCUT2D eigenvalue weighted by atomic mass is 32.1. The fraction of sp³-hybridized carbons (Fsp3) is 0.385. The smallest absolute Gasteiger partial charge is 0.160 e. The molecule has 4 heteroatoms. The Kier molecular flexibility index (Phi) is 2.68. The van der Waals surface area contributed by atoms with Gasteiger partial charge < -0.3 is 5.32 Å². The van der Waals surface area contributed by atoms with Gasteiger partial charge in [0.1, 0.15) is 0 Å². The normalized spacial score (nSPS) is 14.7. The molecule has 0 unspecified atom stereocenters. The molecule has 1 N–H and O–H groups in total. The van der Waals surface area contributed by atoms with Crippen molar-refractivity contribution in [3.05, 3.63) is 33.3 Å². The molecule has 2 aromatic heterocycles. The Labute approximate surface area is 105 Å². The van der Waals surface area contributed by atoms with Gasteiger partial charge in [0, 0.05) is 41.7 Å². The molecule has 3 rings (SSSR count). The molecule has 0 spiro atoms. The maximum Gasteiger partial charge on any atom is 0.160 e. The van der Waals surface area contributed by atoms with Crippen molar-refractivity contribution in [1.82, 2.24) is 15.3 Å². The van der Waals surface area contributed by atoms with Crippen LogP contribution < -0.4 is 5.32 Å². The van der Waals surface area contributed by atoms with E-state index in [1.165, 1.54) is 22.4 Å². The third-order valence-electron chi connectivity index (χ3n) is 3.24. The molecule has 0 saturated carbocycles. The SMILES string of the molecule is Cc1cscc1-c1nc(C)c2c(n1)CCNC2. The second-order valence-electron chi connectivity index (χ2n) is 4.45. The number of hydrogen-bond acceptors (Lipinski definition) is 4. The van der Waals surface area contributed by atoms with Crippen LogP contribution in [0.3, 0.4) is 0 Å². The van der Waals surface area contributed by atoms with Gasteiger partial charge in [-0.1, -0.05) is 0 Å². The number of nitrogens with one attached hydrogen (secondary N) is 1. The second-order valence-corrected chi connectivity index (χ2v) is 5.20. The Morgan fingerprint density at radius 2 is 2.12 bits per heavy atom. The fourth-order valence-electron chi connectivity index (χ4n) is 2.22. The third kappa shape index (κ3) is 1.87. The molecule has 1 aliphatic heterocycles. The van der Waals surface area contributed by atoms with Gasteiger partial charge >= 0.3 is 0 Å². The van der Waals surface area contributed by atoms with E-state index in [0.29, 0.717) is 0 Å². The van der Waals surface area contributed by atoms with E-state index in [2.05, 4.69) is 34.9 Å². The molecular formula is C13H15N3S. The lowest BCUT2D eigenvalue weighted by Gasteiger charge is -2.18. The molecule has 3 nitrogen and oxygen atoms in total. The molecule has 1 aliphatic rings. The Morgan fingerprint density at radius 1 is 1.24 bits per heavy atom. The van der Waals surface area contributed by atoms with Crippen molar-refractivity contribution in [2.45, 2.75) is 26.8 Å². The zero-order chi connectivity index (χ0) is 11.8. The summed E-state index contributed by atoms with van der Waals surface area (Å²) in [7, 11) is 0. The Morgan fingerprint density at radius 3 is 2.88 bits per heavy atom. The first-order chi connectivity index (χ1) is 8.25. The van der Waals surface area contributed by atoms with E-state index in [4.69, 9.17) is 4.98 Å². The lowest BCUT2D eigenvalue weighted by atomic mass is 10.1. The minimum atomic E-state index is 0.891. The van der Waals surface area contributed by atoms with Crippen LogP contribution in [-0.2, 0) is 13.0 Å². The highest BCUT2D eigenvalue weighted by Crippen LogP contribution is 2.26.